The summed E-state index contributed by atoms with van der Waals surface area (Å²) in [5.41, 5.74) is 4.12. The maximum absolute atomic E-state index is 12.8. The summed E-state index contributed by atoms with van der Waals surface area (Å²) in [5.74, 6) is 0.567. The van der Waals surface area contributed by atoms with Crippen molar-refractivity contribution in [1.82, 2.24) is 4.98 Å². The van der Waals surface area contributed by atoms with Crippen LogP contribution in [0, 0.1) is 6.92 Å². The summed E-state index contributed by atoms with van der Waals surface area (Å²) in [5, 5.41) is 1.85. The quantitative estimate of drug-likeness (QED) is 0.532. The SMILES string of the molecule is COc1ccc(CS(=O)(=O)Nc2ccc(C)cc2)c2c1[nH]c1ccccc12. The third-order valence-corrected chi connectivity index (χ3v) is 5.84. The van der Waals surface area contributed by atoms with Crippen LogP contribution < -0.4 is 9.46 Å². The molecule has 6 heteroatoms. The summed E-state index contributed by atoms with van der Waals surface area (Å²) in [4.78, 5) is 3.34. The largest absolute Gasteiger partial charge is 0.495 e. The van der Waals surface area contributed by atoms with E-state index in [0.29, 0.717) is 11.4 Å². The van der Waals surface area contributed by atoms with E-state index in [1.54, 1.807) is 25.3 Å². The maximum Gasteiger partial charge on any atom is 0.236 e. The highest BCUT2D eigenvalue weighted by molar-refractivity contribution is 7.91. The minimum atomic E-state index is -3.56. The minimum Gasteiger partial charge on any atom is -0.495 e. The van der Waals surface area contributed by atoms with Gasteiger partial charge in [0.25, 0.3) is 0 Å². The van der Waals surface area contributed by atoms with Crippen molar-refractivity contribution in [3.8, 4) is 5.75 Å². The van der Waals surface area contributed by atoms with Crippen LogP contribution in [-0.4, -0.2) is 20.5 Å². The lowest BCUT2D eigenvalue weighted by Crippen LogP contribution is -2.15. The van der Waals surface area contributed by atoms with Crippen molar-refractivity contribution < 1.29 is 13.2 Å². The van der Waals surface area contributed by atoms with Gasteiger partial charge in [0.2, 0.25) is 10.0 Å². The number of hydrogen-bond donors (Lipinski definition) is 2. The van der Waals surface area contributed by atoms with Crippen LogP contribution in [0.2, 0.25) is 0 Å². The number of methoxy groups -OCH3 is 1. The highest BCUT2D eigenvalue weighted by Crippen LogP contribution is 2.35. The summed E-state index contributed by atoms with van der Waals surface area (Å²) in [7, 11) is -1.96. The second-order valence-corrected chi connectivity index (χ2v) is 8.30. The summed E-state index contributed by atoms with van der Waals surface area (Å²) in [6.45, 7) is 1.96. The van der Waals surface area contributed by atoms with Gasteiger partial charge in [0, 0.05) is 22.0 Å². The van der Waals surface area contributed by atoms with Crippen molar-refractivity contribution in [3.63, 3.8) is 0 Å². The Morgan fingerprint density at radius 2 is 1.74 bits per heavy atom. The van der Waals surface area contributed by atoms with Crippen molar-refractivity contribution >= 4 is 37.5 Å². The van der Waals surface area contributed by atoms with E-state index < -0.39 is 10.0 Å². The van der Waals surface area contributed by atoms with Crippen molar-refractivity contribution in [2.24, 2.45) is 0 Å². The van der Waals surface area contributed by atoms with Gasteiger partial charge < -0.3 is 9.72 Å². The van der Waals surface area contributed by atoms with E-state index in [1.807, 2.05) is 49.4 Å². The van der Waals surface area contributed by atoms with Crippen molar-refractivity contribution in [2.45, 2.75) is 12.7 Å². The fourth-order valence-corrected chi connectivity index (χ4v) is 4.55. The minimum absolute atomic E-state index is 0.122. The molecule has 0 aliphatic carbocycles. The number of aryl methyl sites for hydroxylation is 1. The standard InChI is InChI=1S/C21H20N2O3S/c1-14-7-10-16(11-8-14)23-27(24,25)13-15-9-12-19(26-2)21-20(15)17-5-3-4-6-18(17)22-21/h3-12,22-23H,13H2,1-2H3. The van der Waals surface area contributed by atoms with Gasteiger partial charge in [-0.3, -0.25) is 4.72 Å². The Bertz CT molecular complexity index is 1230. The third-order valence-electron chi connectivity index (χ3n) is 4.60. The van der Waals surface area contributed by atoms with Crippen molar-refractivity contribution in [1.29, 1.82) is 0 Å². The molecular weight excluding hydrogens is 360 g/mol. The molecule has 0 saturated heterocycles. The topological polar surface area (TPSA) is 71.2 Å². The zero-order chi connectivity index (χ0) is 19.0. The maximum atomic E-state index is 12.8. The average molecular weight is 380 g/mol. The first-order chi connectivity index (χ1) is 13.0. The van der Waals surface area contributed by atoms with Crippen LogP contribution in [0.1, 0.15) is 11.1 Å². The van der Waals surface area contributed by atoms with Gasteiger partial charge in [-0.2, -0.15) is 0 Å². The first kappa shape index (κ1) is 17.4. The van der Waals surface area contributed by atoms with E-state index >= 15 is 0 Å². The molecule has 0 bridgehead atoms. The summed E-state index contributed by atoms with van der Waals surface area (Å²) < 4.78 is 33.6. The molecule has 0 fully saturated rings. The molecule has 0 aliphatic rings. The molecule has 5 nitrogen and oxygen atoms in total. The summed E-state index contributed by atoms with van der Waals surface area (Å²) >= 11 is 0. The van der Waals surface area contributed by atoms with Gasteiger partial charge >= 0.3 is 0 Å². The Labute approximate surface area is 158 Å². The van der Waals surface area contributed by atoms with E-state index in [-0.39, 0.29) is 5.75 Å². The molecule has 0 aliphatic heterocycles. The van der Waals surface area contributed by atoms with E-state index in [9.17, 15) is 8.42 Å². The lowest BCUT2D eigenvalue weighted by molar-refractivity contribution is 0.419. The first-order valence-corrected chi connectivity index (χ1v) is 10.3. The molecule has 0 saturated carbocycles. The van der Waals surface area contributed by atoms with Crippen LogP contribution in [-0.2, 0) is 15.8 Å². The molecule has 3 aromatic carbocycles. The number of sulfonamides is 1. The number of nitrogens with one attached hydrogen (secondary N) is 2. The molecule has 0 amide bonds. The Morgan fingerprint density at radius 3 is 2.48 bits per heavy atom. The van der Waals surface area contributed by atoms with E-state index in [2.05, 4.69) is 9.71 Å². The number of benzene rings is 3. The number of fused-ring (bicyclic) bond motifs is 3. The van der Waals surface area contributed by atoms with Crippen molar-refractivity contribution in [3.05, 3.63) is 71.8 Å². The molecule has 0 radical (unpaired) electrons. The van der Waals surface area contributed by atoms with Gasteiger partial charge in [0.1, 0.15) is 5.75 Å². The van der Waals surface area contributed by atoms with Crippen molar-refractivity contribution in [2.75, 3.05) is 11.8 Å². The van der Waals surface area contributed by atoms with Crippen LogP contribution in [0.3, 0.4) is 0 Å². The second kappa shape index (κ2) is 6.63. The summed E-state index contributed by atoms with van der Waals surface area (Å²) in [6, 6.07) is 18.7. The Balaban J connectivity index is 1.78. The fourth-order valence-electron chi connectivity index (χ4n) is 3.34. The number of H-pyrrole nitrogens is 1. The number of aromatic amines is 1. The molecule has 4 aromatic rings. The number of hydrogen-bond acceptors (Lipinski definition) is 3. The molecule has 27 heavy (non-hydrogen) atoms. The molecule has 1 heterocycles. The first-order valence-electron chi connectivity index (χ1n) is 8.60. The zero-order valence-corrected chi connectivity index (χ0v) is 15.9. The van der Waals surface area contributed by atoms with E-state index in [4.69, 9.17) is 4.74 Å². The lowest BCUT2D eigenvalue weighted by atomic mass is 10.1. The van der Waals surface area contributed by atoms with Gasteiger partial charge in [0.15, 0.2) is 0 Å². The average Bonchev–Trinajstić information content (AvgIpc) is 3.03. The molecule has 0 spiro atoms. The molecule has 0 unspecified atom stereocenters. The Hall–Kier alpha value is -2.99. The summed E-state index contributed by atoms with van der Waals surface area (Å²) in [6.07, 6.45) is 0. The van der Waals surface area contributed by atoms with Gasteiger partial charge in [-0.25, -0.2) is 8.42 Å². The molecular formula is C21H20N2O3S. The third kappa shape index (κ3) is 3.36. The monoisotopic (exact) mass is 380 g/mol. The number of ether oxygens (including phenoxy) is 1. The predicted octanol–water partition coefficient (Wildman–Crippen LogP) is 4.58. The van der Waals surface area contributed by atoms with Crippen LogP contribution in [0.5, 0.6) is 5.75 Å². The Morgan fingerprint density at radius 1 is 1.00 bits per heavy atom. The van der Waals surface area contributed by atoms with Gasteiger partial charge in [-0.1, -0.05) is 42.0 Å². The molecule has 1 aromatic heterocycles. The van der Waals surface area contributed by atoms with Gasteiger partial charge in [-0.15, -0.1) is 0 Å². The van der Waals surface area contributed by atoms with Crippen LogP contribution in [0.25, 0.3) is 21.8 Å². The zero-order valence-electron chi connectivity index (χ0n) is 15.1. The van der Waals surface area contributed by atoms with Gasteiger partial charge in [-0.05, 0) is 36.8 Å². The molecule has 4 rings (SSSR count). The van der Waals surface area contributed by atoms with E-state index in [0.717, 1.165) is 32.9 Å². The molecule has 138 valence electrons. The smallest absolute Gasteiger partial charge is 0.236 e. The number of para-hydroxylation sites is 1. The van der Waals surface area contributed by atoms with Crippen LogP contribution in [0.15, 0.2) is 60.7 Å². The lowest BCUT2D eigenvalue weighted by Gasteiger charge is -2.11. The normalized spacial score (nSPS) is 11.8. The highest BCUT2D eigenvalue weighted by atomic mass is 32.2. The number of rotatable bonds is 5. The molecule has 0 atom stereocenters. The molecule has 2 N–H and O–H groups in total. The highest BCUT2D eigenvalue weighted by Gasteiger charge is 2.18. The van der Waals surface area contributed by atoms with E-state index in [1.165, 1.54) is 0 Å². The van der Waals surface area contributed by atoms with Gasteiger partial charge in [0.05, 0.1) is 18.4 Å². The second-order valence-electron chi connectivity index (χ2n) is 6.57. The van der Waals surface area contributed by atoms with Crippen LogP contribution >= 0.6 is 0 Å². The van der Waals surface area contributed by atoms with Crippen LogP contribution in [0.4, 0.5) is 5.69 Å². The Kier molecular flexibility index (Phi) is 4.28. The number of anilines is 1. The fraction of sp³-hybridized carbons (Fsp3) is 0.143. The number of aromatic nitrogens is 1. The predicted molar refractivity (Wildman–Crippen MR) is 110 cm³/mol.